The van der Waals surface area contributed by atoms with E-state index in [0.29, 0.717) is 0 Å². The molecule has 0 amide bonds. The Hall–Kier alpha value is -6.01. The molecule has 5 heteroatoms. The molecular formula is C43H32N4O. The Balaban J connectivity index is 1.22. The first kappa shape index (κ1) is 28.2. The molecule has 0 bridgehead atoms. The molecule has 0 aliphatic rings. The van der Waals surface area contributed by atoms with Gasteiger partial charge in [0.1, 0.15) is 17.3 Å². The molecule has 9 rings (SSSR count). The molecule has 5 nitrogen and oxygen atoms in total. The van der Waals surface area contributed by atoms with Crippen molar-refractivity contribution in [1.29, 1.82) is 0 Å². The van der Waals surface area contributed by atoms with Gasteiger partial charge in [0, 0.05) is 44.2 Å². The first-order chi connectivity index (χ1) is 23.7. The van der Waals surface area contributed by atoms with Gasteiger partial charge in [-0.25, -0.2) is 0 Å². The van der Waals surface area contributed by atoms with E-state index in [4.69, 9.17) is 15.1 Å². The molecule has 3 N–H and O–H groups in total. The number of benzene rings is 7. The van der Waals surface area contributed by atoms with Crippen molar-refractivity contribution in [3.8, 4) is 5.69 Å². The second kappa shape index (κ2) is 11.7. The fraction of sp³-hybridized carbons (Fsp3) is 0.0465. The van der Waals surface area contributed by atoms with Crippen LogP contribution >= 0.6 is 0 Å². The van der Waals surface area contributed by atoms with Crippen LogP contribution in [0.3, 0.4) is 0 Å². The summed E-state index contributed by atoms with van der Waals surface area (Å²) >= 11 is 0. The highest BCUT2D eigenvalue weighted by Crippen LogP contribution is 2.45. The molecule has 0 saturated heterocycles. The predicted octanol–water partition coefficient (Wildman–Crippen LogP) is 10.2. The third kappa shape index (κ3) is 4.68. The summed E-state index contributed by atoms with van der Waals surface area (Å²) < 4.78 is 8.95. The van der Waals surface area contributed by atoms with Gasteiger partial charge in [-0.3, -0.25) is 10.3 Å². The number of nitrogens with two attached hydrogens (primary N) is 1. The Morgan fingerprint density at radius 2 is 1.21 bits per heavy atom. The Morgan fingerprint density at radius 1 is 0.583 bits per heavy atom. The van der Waals surface area contributed by atoms with Crippen LogP contribution in [0.4, 0.5) is 0 Å². The average Bonchev–Trinajstić information content (AvgIpc) is 3.71. The highest BCUT2D eigenvalue weighted by atomic mass is 16.3. The van der Waals surface area contributed by atoms with Crippen LogP contribution in [0, 0.1) is 0 Å². The number of aromatic nitrogens is 1. The molecule has 7 aromatic carbocycles. The third-order valence-corrected chi connectivity index (χ3v) is 9.28. The van der Waals surface area contributed by atoms with Crippen LogP contribution in [-0.4, -0.2) is 10.8 Å². The van der Waals surface area contributed by atoms with Gasteiger partial charge in [-0.05, 0) is 41.0 Å². The molecule has 0 saturated carbocycles. The van der Waals surface area contributed by atoms with Crippen LogP contribution in [0.15, 0.2) is 167 Å². The van der Waals surface area contributed by atoms with E-state index in [9.17, 15) is 0 Å². The molecule has 2 atom stereocenters. The second-order valence-corrected chi connectivity index (χ2v) is 12.2. The monoisotopic (exact) mass is 620 g/mol. The van der Waals surface area contributed by atoms with Crippen LogP contribution in [0.25, 0.3) is 60.2 Å². The van der Waals surface area contributed by atoms with E-state index >= 15 is 0 Å². The van der Waals surface area contributed by atoms with Gasteiger partial charge in [0.25, 0.3) is 0 Å². The number of nitrogens with zero attached hydrogens (tertiary/aromatic N) is 2. The molecule has 0 spiro atoms. The second-order valence-electron chi connectivity index (χ2n) is 12.2. The molecule has 2 aromatic heterocycles. The highest BCUT2D eigenvalue weighted by Gasteiger charge is 2.23. The van der Waals surface area contributed by atoms with Gasteiger partial charge in [0.15, 0.2) is 0 Å². The van der Waals surface area contributed by atoms with Gasteiger partial charge in [-0.15, -0.1) is 0 Å². The molecule has 9 aromatic rings. The Labute approximate surface area is 277 Å². The Kier molecular flexibility index (Phi) is 6.86. The lowest BCUT2D eigenvalue weighted by molar-refractivity contribution is 0.467. The van der Waals surface area contributed by atoms with Crippen molar-refractivity contribution >= 4 is 60.7 Å². The van der Waals surface area contributed by atoms with Crippen LogP contribution in [0.1, 0.15) is 29.0 Å². The number of fused-ring (bicyclic) bond motifs is 10. The Bertz CT molecular complexity index is 2600. The molecule has 230 valence electrons. The van der Waals surface area contributed by atoms with Crippen molar-refractivity contribution in [2.75, 3.05) is 0 Å². The fourth-order valence-electron chi connectivity index (χ4n) is 7.04. The summed E-state index contributed by atoms with van der Waals surface area (Å²) in [5.74, 6) is 0. The predicted molar refractivity (Wildman–Crippen MR) is 199 cm³/mol. The zero-order valence-corrected chi connectivity index (χ0v) is 26.1. The van der Waals surface area contributed by atoms with Crippen molar-refractivity contribution < 1.29 is 4.42 Å². The number of para-hydroxylation sites is 2. The summed E-state index contributed by atoms with van der Waals surface area (Å²) in [6.07, 6.45) is 1.16. The third-order valence-electron chi connectivity index (χ3n) is 9.28. The maximum Gasteiger partial charge on any atom is 0.144 e. The Morgan fingerprint density at radius 3 is 1.98 bits per heavy atom. The molecular weight excluding hydrogens is 589 g/mol. The highest BCUT2D eigenvalue weighted by molar-refractivity contribution is 6.35. The first-order valence-electron chi connectivity index (χ1n) is 16.2. The van der Waals surface area contributed by atoms with Crippen molar-refractivity contribution in [2.24, 2.45) is 10.7 Å². The van der Waals surface area contributed by atoms with Crippen molar-refractivity contribution in [3.05, 3.63) is 174 Å². The summed E-state index contributed by atoms with van der Waals surface area (Å²) in [6.45, 7) is 0. The van der Waals surface area contributed by atoms with E-state index in [1.54, 1.807) is 0 Å². The summed E-state index contributed by atoms with van der Waals surface area (Å²) in [6, 6.07) is 54.5. The maximum absolute atomic E-state index is 6.67. The topological polar surface area (TPSA) is 68.5 Å². The van der Waals surface area contributed by atoms with Crippen LogP contribution in [-0.2, 0) is 0 Å². The standard InChI is InChI=1S/C43H32N4O/c44-42(29-15-5-2-6-16-29)46-43(45-27-28-13-3-1-4-14-28)30-23-25-31(26-24-30)47-36-21-11-9-19-34(36)38-39-35-20-10-12-22-37(35)48-41(39)33-18-8-7-17-32(33)40(38)47/h1-27,42-43,46H,44H2. The van der Waals surface area contributed by atoms with E-state index in [1.807, 2.05) is 72.9 Å². The molecule has 0 aliphatic heterocycles. The first-order valence-corrected chi connectivity index (χ1v) is 16.2. The molecule has 2 heterocycles. The van der Waals surface area contributed by atoms with Gasteiger partial charge in [0.05, 0.1) is 17.2 Å². The zero-order valence-electron chi connectivity index (χ0n) is 26.1. The number of rotatable bonds is 7. The van der Waals surface area contributed by atoms with Crippen LogP contribution < -0.4 is 11.1 Å². The lowest BCUT2D eigenvalue weighted by atomic mass is 9.99. The van der Waals surface area contributed by atoms with Crippen molar-refractivity contribution in [3.63, 3.8) is 0 Å². The largest absolute Gasteiger partial charge is 0.455 e. The van der Waals surface area contributed by atoms with E-state index in [1.165, 1.54) is 16.3 Å². The summed E-state index contributed by atoms with van der Waals surface area (Å²) in [5, 5.41) is 10.5. The van der Waals surface area contributed by atoms with Crippen LogP contribution in [0.2, 0.25) is 0 Å². The van der Waals surface area contributed by atoms with Crippen LogP contribution in [0.5, 0.6) is 0 Å². The minimum atomic E-state index is -0.389. The van der Waals surface area contributed by atoms with E-state index in [0.717, 1.165) is 60.6 Å². The minimum Gasteiger partial charge on any atom is -0.455 e. The van der Waals surface area contributed by atoms with Gasteiger partial charge in [-0.2, -0.15) is 0 Å². The number of hydrogen-bond donors (Lipinski definition) is 2. The number of furan rings is 1. The van der Waals surface area contributed by atoms with Crippen molar-refractivity contribution in [1.82, 2.24) is 9.88 Å². The van der Waals surface area contributed by atoms with E-state index in [2.05, 4.69) is 101 Å². The normalized spacial score (nSPS) is 13.4. The molecule has 2 unspecified atom stereocenters. The summed E-state index contributed by atoms with van der Waals surface area (Å²) in [4.78, 5) is 4.99. The van der Waals surface area contributed by atoms with Gasteiger partial charge >= 0.3 is 0 Å². The minimum absolute atomic E-state index is 0.356. The smallest absolute Gasteiger partial charge is 0.144 e. The number of hydrogen-bond acceptors (Lipinski definition) is 4. The fourth-order valence-corrected chi connectivity index (χ4v) is 7.04. The lowest BCUT2D eigenvalue weighted by Gasteiger charge is -2.21. The van der Waals surface area contributed by atoms with E-state index in [-0.39, 0.29) is 12.3 Å². The van der Waals surface area contributed by atoms with Gasteiger partial charge < -0.3 is 14.7 Å². The maximum atomic E-state index is 6.67. The SMILES string of the molecule is NC(NC(N=Cc1ccccc1)c1ccc(-n2c3ccccc3c3c4c5ccccc5oc4c4ccccc4c32)cc1)c1ccccc1. The molecule has 0 radical (unpaired) electrons. The molecule has 0 aliphatic carbocycles. The molecule has 48 heavy (non-hydrogen) atoms. The van der Waals surface area contributed by atoms with Gasteiger partial charge in [0.2, 0.25) is 0 Å². The average molecular weight is 621 g/mol. The quantitative estimate of drug-likeness (QED) is 0.138. The number of nitrogens with one attached hydrogen (secondary N) is 1. The van der Waals surface area contributed by atoms with Crippen molar-refractivity contribution in [2.45, 2.75) is 12.3 Å². The van der Waals surface area contributed by atoms with E-state index < -0.39 is 0 Å². The molecule has 0 fully saturated rings. The zero-order chi connectivity index (χ0) is 32.0. The summed E-state index contributed by atoms with van der Waals surface area (Å²) in [7, 11) is 0. The lowest BCUT2D eigenvalue weighted by Crippen LogP contribution is -2.31. The summed E-state index contributed by atoms with van der Waals surface area (Å²) in [5.41, 5.74) is 14.9. The number of aliphatic imine (C=N–C) groups is 1. The van der Waals surface area contributed by atoms with Gasteiger partial charge in [-0.1, -0.05) is 133 Å².